The molecule has 0 aliphatic carbocycles. The van der Waals surface area contributed by atoms with Crippen molar-refractivity contribution in [3.63, 3.8) is 0 Å². The number of hydrogen-bond donors (Lipinski definition) is 2. The Hall–Kier alpha value is -2.85. The highest BCUT2D eigenvalue weighted by molar-refractivity contribution is 7.19. The van der Waals surface area contributed by atoms with Crippen molar-refractivity contribution in [2.75, 3.05) is 45.1 Å². The number of pyridine rings is 1. The lowest BCUT2D eigenvalue weighted by Gasteiger charge is -2.31. The van der Waals surface area contributed by atoms with E-state index < -0.39 is 0 Å². The van der Waals surface area contributed by atoms with Gasteiger partial charge in [-0.15, -0.1) is 11.3 Å². The molecule has 4 aromatic rings. The van der Waals surface area contributed by atoms with Crippen LogP contribution >= 0.6 is 11.3 Å². The lowest BCUT2D eigenvalue weighted by atomic mass is 10.2. The molecule has 2 N–H and O–H groups in total. The molecule has 1 saturated heterocycles. The summed E-state index contributed by atoms with van der Waals surface area (Å²) in [7, 11) is 2.19. The molecule has 0 atom stereocenters. The number of aromatic nitrogens is 2. The number of anilines is 2. The van der Waals surface area contributed by atoms with Gasteiger partial charge in [-0.05, 0) is 43.4 Å². The average molecular weight is 416 g/mol. The zero-order chi connectivity index (χ0) is 20.3. The number of piperazine rings is 1. The highest BCUT2D eigenvalue weighted by Gasteiger charge is 2.12. The van der Waals surface area contributed by atoms with Gasteiger partial charge in [-0.25, -0.2) is 4.98 Å². The van der Waals surface area contributed by atoms with Gasteiger partial charge in [0.1, 0.15) is 4.83 Å². The molecule has 0 unspecified atom stereocenters. The van der Waals surface area contributed by atoms with E-state index >= 15 is 0 Å². The van der Waals surface area contributed by atoms with Crippen LogP contribution < -0.4 is 5.32 Å². The number of rotatable bonds is 4. The molecule has 0 saturated carbocycles. The van der Waals surface area contributed by atoms with Crippen LogP contribution in [0.4, 0.5) is 11.4 Å². The molecule has 30 heavy (non-hydrogen) atoms. The Labute approximate surface area is 180 Å². The van der Waals surface area contributed by atoms with Crippen molar-refractivity contribution < 1.29 is 0 Å². The molecule has 5 nitrogen and oxygen atoms in total. The summed E-state index contributed by atoms with van der Waals surface area (Å²) < 4.78 is 0. The molecule has 5 rings (SSSR count). The van der Waals surface area contributed by atoms with Gasteiger partial charge in [-0.3, -0.25) is 4.90 Å². The number of aromatic amines is 1. The molecule has 4 heterocycles. The Balaban J connectivity index is 1.29. The minimum absolute atomic E-state index is 0.910. The van der Waals surface area contributed by atoms with Crippen molar-refractivity contribution in [3.8, 4) is 11.8 Å². The van der Waals surface area contributed by atoms with E-state index in [9.17, 15) is 0 Å². The summed E-state index contributed by atoms with van der Waals surface area (Å²) in [5.41, 5.74) is 3.28. The van der Waals surface area contributed by atoms with Crippen molar-refractivity contribution in [3.05, 3.63) is 53.7 Å². The number of nitrogens with zero attached hydrogens (tertiary/aromatic N) is 3. The lowest BCUT2D eigenvalue weighted by Crippen LogP contribution is -2.44. The van der Waals surface area contributed by atoms with Crippen molar-refractivity contribution in [2.24, 2.45) is 0 Å². The number of fused-ring (bicyclic) bond motifs is 2. The topological polar surface area (TPSA) is 47.2 Å². The highest BCUT2D eigenvalue weighted by Crippen LogP contribution is 2.31. The van der Waals surface area contributed by atoms with Crippen molar-refractivity contribution >= 4 is 43.8 Å². The third-order valence-corrected chi connectivity index (χ3v) is 6.59. The van der Waals surface area contributed by atoms with E-state index in [1.165, 1.54) is 5.39 Å². The van der Waals surface area contributed by atoms with E-state index in [2.05, 4.69) is 74.3 Å². The number of H-pyrrole nitrogens is 1. The summed E-state index contributed by atoms with van der Waals surface area (Å²) in [6, 6.07) is 12.6. The van der Waals surface area contributed by atoms with E-state index in [0.29, 0.717) is 0 Å². The Bertz CT molecular complexity index is 1220. The van der Waals surface area contributed by atoms with Crippen LogP contribution in [0, 0.1) is 11.8 Å². The Morgan fingerprint density at radius 1 is 1.13 bits per heavy atom. The molecule has 0 amide bonds. The average Bonchev–Trinajstić information content (AvgIpc) is 3.39. The van der Waals surface area contributed by atoms with Crippen LogP contribution in [0.25, 0.3) is 21.1 Å². The monoisotopic (exact) mass is 415 g/mol. The molecule has 152 valence electrons. The molecule has 1 aromatic carbocycles. The van der Waals surface area contributed by atoms with Gasteiger partial charge in [-0.1, -0.05) is 11.8 Å². The molecule has 3 aromatic heterocycles. The predicted octanol–water partition coefficient (Wildman–Crippen LogP) is 4.51. The highest BCUT2D eigenvalue weighted by atomic mass is 32.1. The fraction of sp³-hybridized carbons (Fsp3) is 0.292. The van der Waals surface area contributed by atoms with E-state index in [-0.39, 0.29) is 0 Å². The first-order valence-corrected chi connectivity index (χ1v) is 11.2. The molecule has 1 fully saturated rings. The van der Waals surface area contributed by atoms with E-state index in [1.54, 1.807) is 11.3 Å². The van der Waals surface area contributed by atoms with Crippen LogP contribution in [0.15, 0.2) is 48.8 Å². The summed E-state index contributed by atoms with van der Waals surface area (Å²) in [5, 5.41) is 5.87. The summed E-state index contributed by atoms with van der Waals surface area (Å²) in [5.74, 6) is 6.71. The van der Waals surface area contributed by atoms with Gasteiger partial charge in [0.05, 0.1) is 10.6 Å². The molecular formula is C24H25N5S. The molecule has 1 aliphatic heterocycles. The van der Waals surface area contributed by atoms with Crippen LogP contribution in [0.3, 0.4) is 0 Å². The zero-order valence-corrected chi connectivity index (χ0v) is 17.9. The number of nitrogens with one attached hydrogen (secondary N) is 2. The van der Waals surface area contributed by atoms with E-state index in [0.717, 1.165) is 71.1 Å². The van der Waals surface area contributed by atoms with Crippen molar-refractivity contribution in [1.82, 2.24) is 19.8 Å². The Morgan fingerprint density at radius 2 is 2.03 bits per heavy atom. The maximum absolute atomic E-state index is 4.55. The SMILES string of the molecule is CN1CCN(CCC#Cc2cc3c(Nc4ccc5[nH]ccc5c4)ccnc3s2)CC1. The lowest BCUT2D eigenvalue weighted by molar-refractivity contribution is 0.157. The first-order chi connectivity index (χ1) is 14.7. The van der Waals surface area contributed by atoms with Crippen molar-refractivity contribution in [2.45, 2.75) is 6.42 Å². The van der Waals surface area contributed by atoms with Crippen LogP contribution in [0.1, 0.15) is 11.3 Å². The molecule has 0 bridgehead atoms. The largest absolute Gasteiger partial charge is 0.361 e. The van der Waals surface area contributed by atoms with Gasteiger partial charge in [0, 0.05) is 73.5 Å². The number of hydrogen-bond acceptors (Lipinski definition) is 5. The van der Waals surface area contributed by atoms with Crippen molar-refractivity contribution in [1.29, 1.82) is 0 Å². The summed E-state index contributed by atoms with van der Waals surface area (Å²) in [4.78, 5) is 14.8. The van der Waals surface area contributed by atoms with Crippen LogP contribution in [-0.4, -0.2) is 59.5 Å². The molecule has 0 spiro atoms. The second-order valence-corrected chi connectivity index (χ2v) is 8.82. The number of thiophene rings is 1. The fourth-order valence-corrected chi connectivity index (χ4v) is 4.73. The van der Waals surface area contributed by atoms with Crippen LogP contribution in [0.5, 0.6) is 0 Å². The maximum Gasteiger partial charge on any atom is 0.126 e. The maximum atomic E-state index is 4.55. The van der Waals surface area contributed by atoms with E-state index in [1.807, 2.05) is 18.5 Å². The zero-order valence-electron chi connectivity index (χ0n) is 17.1. The Morgan fingerprint density at radius 3 is 2.93 bits per heavy atom. The van der Waals surface area contributed by atoms with Gasteiger partial charge >= 0.3 is 0 Å². The minimum atomic E-state index is 0.910. The van der Waals surface area contributed by atoms with E-state index in [4.69, 9.17) is 0 Å². The molecule has 0 radical (unpaired) electrons. The van der Waals surface area contributed by atoms with Gasteiger partial charge < -0.3 is 15.2 Å². The summed E-state index contributed by atoms with van der Waals surface area (Å²) in [6.45, 7) is 5.66. The molecular weight excluding hydrogens is 390 g/mol. The number of likely N-dealkylation sites (N-methyl/N-ethyl adjacent to an activating group) is 1. The standard InChI is InChI=1S/C24H25N5S/c1-28-12-14-29(15-13-28)11-3-2-4-20-17-21-23(8-10-26-24(21)30-20)27-19-5-6-22-18(16-19)7-9-25-22/h5-10,16-17,25H,3,11-15H2,1H3,(H,26,27). The second kappa shape index (κ2) is 8.49. The third kappa shape index (κ3) is 4.19. The smallest absolute Gasteiger partial charge is 0.126 e. The predicted molar refractivity (Wildman–Crippen MR) is 127 cm³/mol. The molecule has 1 aliphatic rings. The first-order valence-electron chi connectivity index (χ1n) is 10.4. The quantitative estimate of drug-likeness (QED) is 0.482. The summed E-state index contributed by atoms with van der Waals surface area (Å²) in [6.07, 6.45) is 4.74. The Kier molecular flexibility index (Phi) is 5.41. The van der Waals surface area contributed by atoms with Gasteiger partial charge in [0.25, 0.3) is 0 Å². The van der Waals surface area contributed by atoms with Crippen LogP contribution in [-0.2, 0) is 0 Å². The van der Waals surface area contributed by atoms with Crippen LogP contribution in [0.2, 0.25) is 0 Å². The second-order valence-electron chi connectivity index (χ2n) is 7.79. The number of benzene rings is 1. The fourth-order valence-electron chi connectivity index (χ4n) is 3.83. The minimum Gasteiger partial charge on any atom is -0.361 e. The normalized spacial score (nSPS) is 15.4. The first kappa shape index (κ1) is 19.1. The van der Waals surface area contributed by atoms with Gasteiger partial charge in [-0.2, -0.15) is 0 Å². The van der Waals surface area contributed by atoms with Gasteiger partial charge in [0.2, 0.25) is 0 Å². The van der Waals surface area contributed by atoms with Gasteiger partial charge in [0.15, 0.2) is 0 Å². The molecule has 6 heteroatoms. The third-order valence-electron chi connectivity index (χ3n) is 5.63. The summed E-state index contributed by atoms with van der Waals surface area (Å²) >= 11 is 1.66.